The average Bonchev–Trinajstić information content (AvgIpc) is 2.65. The molecule has 3 nitrogen and oxygen atoms in total. The van der Waals surface area contributed by atoms with Gasteiger partial charge in [0.15, 0.2) is 0 Å². The van der Waals surface area contributed by atoms with E-state index in [9.17, 15) is 5.11 Å². The van der Waals surface area contributed by atoms with Crippen molar-refractivity contribution in [2.24, 2.45) is 30.7 Å². The Morgan fingerprint density at radius 1 is 1.22 bits per heavy atom. The van der Waals surface area contributed by atoms with Crippen LogP contribution in [0.15, 0.2) is 6.20 Å². The maximum Gasteiger partial charge on any atom is 0.113 e. The van der Waals surface area contributed by atoms with Crippen molar-refractivity contribution in [1.82, 2.24) is 9.78 Å². The zero-order valence-corrected chi connectivity index (χ0v) is 11.4. The molecule has 18 heavy (non-hydrogen) atoms. The van der Waals surface area contributed by atoms with E-state index in [2.05, 4.69) is 5.10 Å². The Hall–Kier alpha value is -0.540. The molecular formula is C14H19ClN2O. The van der Waals surface area contributed by atoms with Gasteiger partial charge in [0.2, 0.25) is 0 Å². The number of hydrogen-bond donors (Lipinski definition) is 1. The summed E-state index contributed by atoms with van der Waals surface area (Å²) >= 11 is 6.28. The van der Waals surface area contributed by atoms with E-state index in [0.29, 0.717) is 16.9 Å². The molecule has 0 aliphatic heterocycles. The molecule has 0 aromatic carbocycles. The van der Waals surface area contributed by atoms with Crippen LogP contribution < -0.4 is 0 Å². The molecule has 0 spiro atoms. The number of rotatable bonds is 1. The second-order valence-electron chi connectivity index (χ2n) is 6.59. The maximum atomic E-state index is 11.4. The van der Waals surface area contributed by atoms with E-state index in [0.717, 1.165) is 17.5 Å². The van der Waals surface area contributed by atoms with Gasteiger partial charge in [0.25, 0.3) is 0 Å². The highest BCUT2D eigenvalue weighted by molar-refractivity contribution is 6.31. The zero-order chi connectivity index (χ0) is 12.5. The minimum Gasteiger partial charge on any atom is -0.383 e. The molecule has 4 aliphatic carbocycles. The summed E-state index contributed by atoms with van der Waals surface area (Å²) in [5.74, 6) is 2.47. The molecule has 1 aromatic rings. The van der Waals surface area contributed by atoms with E-state index in [1.165, 1.54) is 32.1 Å². The Balaban J connectivity index is 1.84. The minimum atomic E-state index is -0.726. The van der Waals surface area contributed by atoms with Crippen LogP contribution in [0.5, 0.6) is 0 Å². The molecule has 4 heteroatoms. The molecule has 98 valence electrons. The smallest absolute Gasteiger partial charge is 0.113 e. The van der Waals surface area contributed by atoms with Crippen LogP contribution in [-0.4, -0.2) is 14.9 Å². The van der Waals surface area contributed by atoms with Crippen LogP contribution in [0.2, 0.25) is 5.02 Å². The van der Waals surface area contributed by atoms with Crippen molar-refractivity contribution >= 4 is 11.6 Å². The quantitative estimate of drug-likeness (QED) is 0.849. The summed E-state index contributed by atoms with van der Waals surface area (Å²) in [7, 11) is 1.89. The fourth-order valence-electron chi connectivity index (χ4n) is 5.15. The summed E-state index contributed by atoms with van der Waals surface area (Å²) in [6, 6.07) is 0. The molecule has 4 bridgehead atoms. The Bertz CT molecular complexity index is 448. The fraction of sp³-hybridized carbons (Fsp3) is 0.786. The van der Waals surface area contributed by atoms with Crippen molar-refractivity contribution in [1.29, 1.82) is 0 Å². The normalized spacial score (nSPS) is 45.7. The first kappa shape index (κ1) is 11.3. The standard InChI is InChI=1S/C14H19ClN2O/c1-17-13(12(15)7-16-17)14(18)10-3-8-2-9(5-10)6-11(14)4-8/h7-11,18H,2-6H2,1H3. The molecule has 4 aliphatic rings. The van der Waals surface area contributed by atoms with E-state index in [1.807, 2.05) is 7.05 Å². The molecule has 0 saturated heterocycles. The summed E-state index contributed by atoms with van der Waals surface area (Å²) in [5, 5.41) is 16.2. The molecule has 0 unspecified atom stereocenters. The summed E-state index contributed by atoms with van der Waals surface area (Å²) in [6.07, 6.45) is 7.74. The number of nitrogens with zero attached hydrogens (tertiary/aromatic N) is 2. The molecule has 0 radical (unpaired) electrons. The van der Waals surface area contributed by atoms with E-state index in [1.54, 1.807) is 10.9 Å². The maximum absolute atomic E-state index is 11.4. The number of aryl methyl sites for hydroxylation is 1. The van der Waals surface area contributed by atoms with Gasteiger partial charge < -0.3 is 5.11 Å². The lowest BCUT2D eigenvalue weighted by atomic mass is 9.49. The predicted molar refractivity (Wildman–Crippen MR) is 69.2 cm³/mol. The van der Waals surface area contributed by atoms with Crippen LogP contribution in [0.4, 0.5) is 0 Å². The third-order valence-corrected chi connectivity index (χ3v) is 5.93. The van der Waals surface area contributed by atoms with Crippen molar-refractivity contribution in [3.8, 4) is 0 Å². The summed E-state index contributed by atoms with van der Waals surface area (Å²) in [4.78, 5) is 0. The highest BCUT2D eigenvalue weighted by atomic mass is 35.5. The first-order chi connectivity index (χ1) is 8.59. The Kier molecular flexibility index (Phi) is 2.21. The van der Waals surface area contributed by atoms with Gasteiger partial charge in [0, 0.05) is 7.05 Å². The van der Waals surface area contributed by atoms with Crippen LogP contribution in [0.25, 0.3) is 0 Å². The van der Waals surface area contributed by atoms with Gasteiger partial charge in [-0.2, -0.15) is 5.10 Å². The van der Waals surface area contributed by atoms with Crippen LogP contribution in [-0.2, 0) is 12.6 Å². The summed E-state index contributed by atoms with van der Waals surface area (Å²) in [5.41, 5.74) is 0.133. The molecule has 0 atom stereocenters. The first-order valence-corrected chi connectivity index (χ1v) is 7.37. The molecular weight excluding hydrogens is 248 g/mol. The lowest BCUT2D eigenvalue weighted by Crippen LogP contribution is -2.56. The van der Waals surface area contributed by atoms with Gasteiger partial charge in [-0.05, 0) is 55.8 Å². The molecule has 0 amide bonds. The minimum absolute atomic E-state index is 0.390. The topological polar surface area (TPSA) is 38.0 Å². The highest BCUT2D eigenvalue weighted by Crippen LogP contribution is 2.62. The van der Waals surface area contributed by atoms with Gasteiger partial charge in [0.1, 0.15) is 5.60 Å². The largest absolute Gasteiger partial charge is 0.383 e. The molecule has 1 N–H and O–H groups in total. The number of hydrogen-bond acceptors (Lipinski definition) is 2. The van der Waals surface area contributed by atoms with Crippen LogP contribution in [0.3, 0.4) is 0 Å². The average molecular weight is 267 g/mol. The summed E-state index contributed by atoms with van der Waals surface area (Å²) in [6.45, 7) is 0. The number of aliphatic hydroxyl groups is 1. The van der Waals surface area contributed by atoms with Crippen LogP contribution in [0, 0.1) is 23.7 Å². The van der Waals surface area contributed by atoms with E-state index < -0.39 is 5.60 Å². The van der Waals surface area contributed by atoms with E-state index in [4.69, 9.17) is 11.6 Å². The second-order valence-corrected chi connectivity index (χ2v) is 7.00. The Morgan fingerprint density at radius 3 is 2.22 bits per heavy atom. The molecule has 4 fully saturated rings. The van der Waals surface area contributed by atoms with Crippen molar-refractivity contribution < 1.29 is 5.11 Å². The SMILES string of the molecule is Cn1ncc(Cl)c1C1(O)C2CC3CC(C2)CC1C3. The van der Waals surface area contributed by atoms with Crippen LogP contribution >= 0.6 is 11.6 Å². The third kappa shape index (κ3) is 1.27. The van der Waals surface area contributed by atoms with Gasteiger partial charge >= 0.3 is 0 Å². The number of aromatic nitrogens is 2. The van der Waals surface area contributed by atoms with Crippen LogP contribution in [0.1, 0.15) is 37.8 Å². The predicted octanol–water partition coefficient (Wildman–Crippen LogP) is 2.72. The Morgan fingerprint density at radius 2 is 1.78 bits per heavy atom. The molecule has 4 saturated carbocycles. The zero-order valence-electron chi connectivity index (χ0n) is 10.6. The van der Waals surface area contributed by atoms with Gasteiger partial charge in [-0.15, -0.1) is 0 Å². The summed E-state index contributed by atoms with van der Waals surface area (Å²) < 4.78 is 1.78. The number of halogens is 1. The van der Waals surface area contributed by atoms with Crippen molar-refractivity contribution in [2.45, 2.75) is 37.7 Å². The third-order valence-electron chi connectivity index (χ3n) is 5.66. The second kappa shape index (κ2) is 3.51. The van der Waals surface area contributed by atoms with E-state index >= 15 is 0 Å². The first-order valence-electron chi connectivity index (χ1n) is 6.99. The van der Waals surface area contributed by atoms with Crippen molar-refractivity contribution in [2.75, 3.05) is 0 Å². The highest BCUT2D eigenvalue weighted by Gasteiger charge is 2.58. The van der Waals surface area contributed by atoms with Gasteiger partial charge in [-0.25, -0.2) is 0 Å². The van der Waals surface area contributed by atoms with Gasteiger partial charge in [0.05, 0.1) is 16.9 Å². The van der Waals surface area contributed by atoms with Crippen molar-refractivity contribution in [3.05, 3.63) is 16.9 Å². The molecule has 5 rings (SSSR count). The monoisotopic (exact) mass is 266 g/mol. The van der Waals surface area contributed by atoms with E-state index in [-0.39, 0.29) is 0 Å². The lowest BCUT2D eigenvalue weighted by molar-refractivity contribution is -0.183. The van der Waals surface area contributed by atoms with Gasteiger partial charge in [-0.3, -0.25) is 4.68 Å². The van der Waals surface area contributed by atoms with Crippen molar-refractivity contribution in [3.63, 3.8) is 0 Å². The lowest BCUT2D eigenvalue weighted by Gasteiger charge is -2.58. The van der Waals surface area contributed by atoms with Gasteiger partial charge in [-0.1, -0.05) is 11.6 Å². The Labute approximate surface area is 112 Å². The molecule has 1 heterocycles. The molecule has 1 aromatic heterocycles. The fourth-order valence-corrected chi connectivity index (χ4v) is 5.47.